The van der Waals surface area contributed by atoms with Crippen molar-refractivity contribution in [3.63, 3.8) is 0 Å². The van der Waals surface area contributed by atoms with E-state index < -0.39 is 27.2 Å². The molecule has 3 heterocycles. The van der Waals surface area contributed by atoms with Gasteiger partial charge in [-0.05, 0) is 140 Å². The van der Waals surface area contributed by atoms with Crippen molar-refractivity contribution < 1.29 is 51.2 Å². The van der Waals surface area contributed by atoms with Crippen LogP contribution in [0.1, 0.15) is 65.5 Å². The SMILES string of the molecule is CC(=O)OCC[N+]1=C(/C=C/C2=C(N(c3ccccc3)c3ccccc3)C(=C/C=C3\C(C)(C)c4c(ccc5cc(S(=O)(=O)O)ccc45)[N+]34CC4OC(C)=O)/CC2)C(C)(C)c2c1ccc1cc(SOOO)ccc21. The minimum Gasteiger partial charge on any atom is -0.459 e. The summed E-state index contributed by atoms with van der Waals surface area (Å²) >= 11 is 0.911. The lowest BCUT2D eigenvalue weighted by Gasteiger charge is -2.28. The van der Waals surface area contributed by atoms with E-state index in [1.165, 1.54) is 26.0 Å². The number of para-hydroxylation sites is 2. The van der Waals surface area contributed by atoms with E-state index in [1.807, 2.05) is 60.7 Å². The Morgan fingerprint density at radius 3 is 2.12 bits per heavy atom. The molecule has 0 aromatic heterocycles. The molecule has 10 rings (SSSR count). The fraction of sp³-hybridized carbons (Fsp3) is 0.246. The largest absolute Gasteiger partial charge is 0.459 e. The van der Waals surface area contributed by atoms with Crippen LogP contribution in [-0.2, 0) is 49.4 Å². The first-order valence-corrected chi connectivity index (χ1v) is 26.0. The van der Waals surface area contributed by atoms with Crippen LogP contribution in [0.3, 0.4) is 0 Å². The molecule has 6 aromatic carbocycles. The summed E-state index contributed by atoms with van der Waals surface area (Å²) in [7, 11) is -4.43. The number of hydrogen-bond acceptors (Lipinski definition) is 11. The maximum absolute atomic E-state index is 12.6. The van der Waals surface area contributed by atoms with Gasteiger partial charge in [-0.25, -0.2) is 9.74 Å². The lowest BCUT2D eigenvalue weighted by Crippen LogP contribution is -2.32. The van der Waals surface area contributed by atoms with Crippen LogP contribution in [0.2, 0.25) is 0 Å². The van der Waals surface area contributed by atoms with Crippen LogP contribution < -0.4 is 9.38 Å². The molecule has 1 fully saturated rings. The van der Waals surface area contributed by atoms with E-state index >= 15 is 0 Å². The van der Waals surface area contributed by atoms with E-state index in [9.17, 15) is 22.6 Å². The molecule has 13 nitrogen and oxygen atoms in total. The second-order valence-electron chi connectivity index (χ2n) is 19.6. The molecular weight excluding hydrogens is 951 g/mol. The summed E-state index contributed by atoms with van der Waals surface area (Å²) < 4.78 is 53.2. The first kappa shape index (κ1) is 48.9. The van der Waals surface area contributed by atoms with Crippen molar-refractivity contribution in [2.24, 2.45) is 0 Å². The van der Waals surface area contributed by atoms with Gasteiger partial charge in [-0.2, -0.15) is 13.0 Å². The maximum atomic E-state index is 12.6. The average molecular weight is 1010 g/mol. The van der Waals surface area contributed by atoms with Crippen molar-refractivity contribution in [3.05, 3.63) is 179 Å². The van der Waals surface area contributed by atoms with Crippen LogP contribution >= 0.6 is 12.0 Å². The summed E-state index contributed by atoms with van der Waals surface area (Å²) in [6.45, 7) is 12.8. The van der Waals surface area contributed by atoms with Gasteiger partial charge >= 0.3 is 11.9 Å². The van der Waals surface area contributed by atoms with Gasteiger partial charge in [0.15, 0.2) is 25.4 Å². The molecule has 0 bridgehead atoms. The molecule has 6 aromatic rings. The summed E-state index contributed by atoms with van der Waals surface area (Å²) in [4.78, 5) is 27.6. The standard InChI is InChI=1S/C57H53N3O10S2/c1-36(61)67-32-31-58-48-27-19-40-33-44(71-70-69-63)23-25-46(40)53(48)56(3,4)50(58)29-21-38-17-18-39(55(38)59(42-13-9-7-10-14-42)43-15-11-8-12-16-43)22-30-51-57(5,6)54-47-26-24-45(72(64,65)66)34-41(47)20-28-49(54)60(51)35-52(60)68-37(2)62/h7-16,19-30,33-34,52H,17-18,31-32,35H2,1-6H3/p+2/b39-22+,51-30+. The number of nitrogens with zero attached hydrogens (tertiary/aromatic N) is 3. The summed E-state index contributed by atoms with van der Waals surface area (Å²) in [6.07, 6.45) is 9.90. The van der Waals surface area contributed by atoms with Gasteiger partial charge in [-0.15, -0.1) is 4.33 Å². The first-order chi connectivity index (χ1) is 34.4. The second kappa shape index (κ2) is 18.7. The number of carbonyl (C=O) groups is 2. The van der Waals surface area contributed by atoms with Gasteiger partial charge in [0.05, 0.1) is 33.5 Å². The molecule has 3 aliphatic heterocycles. The minimum absolute atomic E-state index is 0.176. The second-order valence-corrected chi connectivity index (χ2v) is 21.8. The highest BCUT2D eigenvalue weighted by atomic mass is 32.2. The Kier molecular flexibility index (Phi) is 12.7. The van der Waals surface area contributed by atoms with Gasteiger partial charge in [0.25, 0.3) is 16.3 Å². The summed E-state index contributed by atoms with van der Waals surface area (Å²) in [5.74, 6) is -0.713. The van der Waals surface area contributed by atoms with Crippen LogP contribution in [0.4, 0.5) is 22.7 Å². The first-order valence-electron chi connectivity index (χ1n) is 23.8. The molecule has 0 amide bonds. The van der Waals surface area contributed by atoms with Crippen LogP contribution in [0.5, 0.6) is 0 Å². The highest BCUT2D eigenvalue weighted by Crippen LogP contribution is 2.62. The number of fused-ring (bicyclic) bond motifs is 7. The van der Waals surface area contributed by atoms with E-state index in [-0.39, 0.29) is 23.4 Å². The van der Waals surface area contributed by atoms with Crippen molar-refractivity contribution >= 4 is 84.1 Å². The van der Waals surface area contributed by atoms with Gasteiger partial charge in [-0.1, -0.05) is 65.7 Å². The maximum Gasteiger partial charge on any atom is 0.307 e. The number of anilines is 2. The molecular formula is C57H55N3O10S2+2. The fourth-order valence-electron chi connectivity index (χ4n) is 11.5. The molecule has 72 heavy (non-hydrogen) atoms. The molecule has 0 radical (unpaired) electrons. The van der Waals surface area contributed by atoms with Crippen LogP contribution in [0.15, 0.2) is 178 Å². The summed E-state index contributed by atoms with van der Waals surface area (Å²) in [5, 5.41) is 16.2. The third-order valence-electron chi connectivity index (χ3n) is 14.5. The van der Waals surface area contributed by atoms with Crippen LogP contribution in [-0.4, -0.2) is 66.4 Å². The fourth-order valence-corrected chi connectivity index (χ4v) is 12.4. The van der Waals surface area contributed by atoms with Crippen LogP contribution in [0, 0.1) is 0 Å². The number of benzene rings is 6. The number of quaternary nitrogens is 1. The Bertz CT molecular complexity index is 3450. The Morgan fingerprint density at radius 1 is 0.792 bits per heavy atom. The highest BCUT2D eigenvalue weighted by molar-refractivity contribution is 7.94. The van der Waals surface area contributed by atoms with E-state index in [1.54, 1.807) is 6.07 Å². The predicted octanol–water partition coefficient (Wildman–Crippen LogP) is 12.1. The van der Waals surface area contributed by atoms with Gasteiger partial charge in [0.2, 0.25) is 5.69 Å². The molecule has 2 N–H and O–H groups in total. The van der Waals surface area contributed by atoms with Gasteiger partial charge in [0.1, 0.15) is 11.4 Å². The molecule has 2 unspecified atom stereocenters. The number of esters is 2. The topological polar surface area (TPSA) is 152 Å². The van der Waals surface area contributed by atoms with Crippen molar-refractivity contribution in [2.75, 3.05) is 24.6 Å². The van der Waals surface area contributed by atoms with E-state index in [0.717, 1.165) is 108 Å². The number of allylic oxidation sites excluding steroid dienone is 7. The third-order valence-corrected chi connectivity index (χ3v) is 15.9. The number of ether oxygens (including phenoxy) is 2. The minimum atomic E-state index is -4.43. The third kappa shape index (κ3) is 8.57. The zero-order valence-corrected chi connectivity index (χ0v) is 42.4. The molecule has 368 valence electrons. The number of rotatable bonds is 14. The molecule has 0 saturated carbocycles. The van der Waals surface area contributed by atoms with E-state index in [0.29, 0.717) is 23.0 Å². The normalized spacial score (nSPS) is 20.9. The number of hydrogen-bond donors (Lipinski definition) is 2. The Hall–Kier alpha value is -6.69. The van der Waals surface area contributed by atoms with E-state index in [2.05, 4.69) is 109 Å². The molecule has 1 spiro atoms. The lowest BCUT2D eigenvalue weighted by atomic mass is 9.79. The highest BCUT2D eigenvalue weighted by Gasteiger charge is 2.71. The van der Waals surface area contributed by atoms with Crippen molar-refractivity contribution in [1.82, 2.24) is 4.48 Å². The average Bonchev–Trinajstić information content (AvgIpc) is 3.74. The van der Waals surface area contributed by atoms with Crippen molar-refractivity contribution in [1.29, 1.82) is 0 Å². The zero-order chi connectivity index (χ0) is 50.7. The monoisotopic (exact) mass is 1010 g/mol. The Balaban J connectivity index is 1.14. The molecule has 2 atom stereocenters. The van der Waals surface area contributed by atoms with Gasteiger partial charge in [0, 0.05) is 59.5 Å². The predicted molar refractivity (Wildman–Crippen MR) is 280 cm³/mol. The Morgan fingerprint density at radius 2 is 1.46 bits per heavy atom. The molecule has 1 aliphatic carbocycles. The Labute approximate surface area is 423 Å². The summed E-state index contributed by atoms with van der Waals surface area (Å²) in [6, 6.07) is 39.4. The summed E-state index contributed by atoms with van der Waals surface area (Å²) in [5.41, 5.74) is 10.3. The smallest absolute Gasteiger partial charge is 0.307 e. The van der Waals surface area contributed by atoms with Gasteiger partial charge < -0.3 is 14.4 Å². The molecule has 15 heteroatoms. The van der Waals surface area contributed by atoms with Gasteiger partial charge in [-0.3, -0.25) is 14.1 Å². The van der Waals surface area contributed by atoms with E-state index in [4.69, 9.17) is 19.1 Å². The quantitative estimate of drug-likeness (QED) is 0.0156. The molecule has 1 saturated heterocycles. The number of carbonyl (C=O) groups excluding carboxylic acids is 2. The zero-order valence-electron chi connectivity index (χ0n) is 40.8. The molecule has 4 aliphatic rings. The van der Waals surface area contributed by atoms with Crippen molar-refractivity contribution in [3.8, 4) is 0 Å². The van der Waals surface area contributed by atoms with Crippen LogP contribution in [0.25, 0.3) is 21.5 Å². The van der Waals surface area contributed by atoms with Crippen molar-refractivity contribution in [2.45, 2.75) is 81.2 Å². The lowest BCUT2D eigenvalue weighted by molar-refractivity contribution is -0.440.